The summed E-state index contributed by atoms with van der Waals surface area (Å²) in [5.74, 6) is -0.181. The fourth-order valence-corrected chi connectivity index (χ4v) is 3.25. The summed E-state index contributed by atoms with van der Waals surface area (Å²) in [5.41, 5.74) is 2.98. The molecule has 27 heavy (non-hydrogen) atoms. The van der Waals surface area contributed by atoms with Crippen LogP contribution >= 0.6 is 12.2 Å². The first-order valence-electron chi connectivity index (χ1n) is 8.95. The zero-order valence-electron chi connectivity index (χ0n) is 16.4. The zero-order chi connectivity index (χ0) is 20.0. The minimum absolute atomic E-state index is 0.181. The number of nitrogens with zero attached hydrogens (tertiary/aromatic N) is 5. The third-order valence-electron chi connectivity index (χ3n) is 4.57. The predicted octanol–water partition coefficient (Wildman–Crippen LogP) is 3.36. The van der Waals surface area contributed by atoms with Crippen molar-refractivity contribution in [2.75, 3.05) is 45.2 Å². The van der Waals surface area contributed by atoms with Gasteiger partial charge in [0.05, 0.1) is 6.34 Å². The molecule has 0 spiro atoms. The number of hydrogen-bond acceptors (Lipinski definition) is 4. The van der Waals surface area contributed by atoms with Crippen LogP contribution in [-0.4, -0.2) is 61.4 Å². The summed E-state index contributed by atoms with van der Waals surface area (Å²) < 4.78 is 13.5. The quantitative estimate of drug-likeness (QED) is 0.261. The predicted molar refractivity (Wildman–Crippen MR) is 113 cm³/mol. The highest BCUT2D eigenvalue weighted by molar-refractivity contribution is 7.80. The lowest BCUT2D eigenvalue weighted by Gasteiger charge is -2.26. The van der Waals surface area contributed by atoms with E-state index < -0.39 is 0 Å². The van der Waals surface area contributed by atoms with Crippen molar-refractivity contribution < 1.29 is 4.39 Å². The molecular formula is C20H26FN5S. The van der Waals surface area contributed by atoms with Crippen LogP contribution in [0.2, 0.25) is 0 Å². The molecule has 7 heteroatoms. The molecule has 0 unspecified atom stereocenters. The van der Waals surface area contributed by atoms with E-state index in [-0.39, 0.29) is 5.82 Å². The Balaban J connectivity index is 2.14. The Hall–Kier alpha value is -2.46. The highest BCUT2D eigenvalue weighted by Crippen LogP contribution is 2.22. The number of thiocarbonyl (C=S) groups is 1. The highest BCUT2D eigenvalue weighted by Gasteiger charge is 2.19. The third kappa shape index (κ3) is 5.51. The van der Waals surface area contributed by atoms with Crippen molar-refractivity contribution in [3.63, 3.8) is 0 Å². The topological polar surface area (TPSA) is 45.9 Å². The summed E-state index contributed by atoms with van der Waals surface area (Å²) in [6.07, 6.45) is 2.55. The van der Waals surface area contributed by atoms with Gasteiger partial charge in [0, 0.05) is 51.7 Å². The highest BCUT2D eigenvalue weighted by atomic mass is 32.1. The normalized spacial score (nSPS) is 16.0. The van der Waals surface area contributed by atoms with Gasteiger partial charge in [-0.15, -0.1) is 0 Å². The number of aryl methyl sites for hydroxylation is 1. The van der Waals surface area contributed by atoms with E-state index in [1.54, 1.807) is 18.2 Å². The summed E-state index contributed by atoms with van der Waals surface area (Å²) >= 11 is 5.32. The van der Waals surface area contributed by atoms with E-state index >= 15 is 0 Å². The first kappa shape index (κ1) is 20.8. The molecule has 1 aromatic rings. The van der Waals surface area contributed by atoms with Crippen LogP contribution in [0.5, 0.6) is 0 Å². The molecule has 1 aliphatic rings. The van der Waals surface area contributed by atoms with E-state index in [1.165, 1.54) is 6.07 Å². The SMILES string of the molecule is CC(=C(C#N)C(=S)N=CN(C)C)N1CCCN(c2ccc(F)c(C)c2)CC1. The van der Waals surface area contributed by atoms with Gasteiger partial charge in [0.25, 0.3) is 0 Å². The molecule has 2 rings (SSSR count). The van der Waals surface area contributed by atoms with Crippen LogP contribution in [0.4, 0.5) is 10.1 Å². The summed E-state index contributed by atoms with van der Waals surface area (Å²) in [6.45, 7) is 7.01. The molecule has 0 N–H and O–H groups in total. The van der Waals surface area contributed by atoms with E-state index in [4.69, 9.17) is 12.2 Å². The number of benzene rings is 1. The van der Waals surface area contributed by atoms with Gasteiger partial charge in [0.15, 0.2) is 0 Å². The molecule has 0 atom stereocenters. The lowest BCUT2D eigenvalue weighted by Crippen LogP contribution is -2.30. The lowest BCUT2D eigenvalue weighted by atomic mass is 10.2. The van der Waals surface area contributed by atoms with Gasteiger partial charge in [-0.25, -0.2) is 9.38 Å². The number of hydrogen-bond donors (Lipinski definition) is 0. The minimum atomic E-state index is -0.181. The summed E-state index contributed by atoms with van der Waals surface area (Å²) in [7, 11) is 3.71. The van der Waals surface area contributed by atoms with Gasteiger partial charge in [-0.2, -0.15) is 5.26 Å². The zero-order valence-corrected chi connectivity index (χ0v) is 17.2. The van der Waals surface area contributed by atoms with Gasteiger partial charge in [-0.3, -0.25) is 0 Å². The van der Waals surface area contributed by atoms with Crippen LogP contribution in [0.15, 0.2) is 34.5 Å². The second-order valence-corrected chi connectivity index (χ2v) is 7.23. The smallest absolute Gasteiger partial charge is 0.147 e. The Labute approximate surface area is 166 Å². The number of anilines is 1. The fourth-order valence-electron chi connectivity index (χ4n) is 3.01. The van der Waals surface area contributed by atoms with Crippen LogP contribution in [0, 0.1) is 24.1 Å². The second kappa shape index (κ2) is 9.47. The van der Waals surface area contributed by atoms with Crippen molar-refractivity contribution >= 4 is 29.2 Å². The maximum absolute atomic E-state index is 13.5. The van der Waals surface area contributed by atoms with E-state index in [9.17, 15) is 9.65 Å². The maximum Gasteiger partial charge on any atom is 0.147 e. The van der Waals surface area contributed by atoms with E-state index in [1.807, 2.05) is 33.2 Å². The molecule has 144 valence electrons. The fraction of sp³-hybridized carbons (Fsp3) is 0.450. The van der Waals surface area contributed by atoms with Crippen LogP contribution < -0.4 is 4.90 Å². The molecule has 1 fully saturated rings. The van der Waals surface area contributed by atoms with Gasteiger partial charge in [0.1, 0.15) is 22.4 Å². The summed E-state index contributed by atoms with van der Waals surface area (Å²) in [5, 5.41) is 9.56. The molecule has 0 saturated carbocycles. The van der Waals surface area contributed by atoms with E-state index in [0.717, 1.165) is 44.0 Å². The first-order valence-corrected chi connectivity index (χ1v) is 9.36. The van der Waals surface area contributed by atoms with Gasteiger partial charge >= 0.3 is 0 Å². The van der Waals surface area contributed by atoms with Gasteiger partial charge < -0.3 is 14.7 Å². The molecule has 1 aromatic carbocycles. The van der Waals surface area contributed by atoms with Gasteiger partial charge in [-0.05, 0) is 44.0 Å². The van der Waals surface area contributed by atoms with Gasteiger partial charge in [0.2, 0.25) is 0 Å². The first-order chi connectivity index (χ1) is 12.8. The second-order valence-electron chi connectivity index (χ2n) is 6.85. The number of rotatable bonds is 4. The van der Waals surface area contributed by atoms with Crippen LogP contribution in [0.3, 0.4) is 0 Å². The van der Waals surface area contributed by atoms with Crippen LogP contribution in [0.25, 0.3) is 0 Å². The average molecular weight is 388 g/mol. The molecule has 0 amide bonds. The molecule has 1 aliphatic heterocycles. The molecule has 0 radical (unpaired) electrons. The molecule has 0 aromatic heterocycles. The van der Waals surface area contributed by atoms with Crippen LogP contribution in [-0.2, 0) is 0 Å². The molecule has 1 saturated heterocycles. The van der Waals surface area contributed by atoms with Gasteiger partial charge in [-0.1, -0.05) is 12.2 Å². The monoisotopic (exact) mass is 387 g/mol. The average Bonchev–Trinajstić information content (AvgIpc) is 2.89. The molecule has 5 nitrogen and oxygen atoms in total. The van der Waals surface area contributed by atoms with E-state index in [2.05, 4.69) is 20.9 Å². The molecule has 0 aliphatic carbocycles. The van der Waals surface area contributed by atoms with Crippen molar-refractivity contribution in [1.29, 1.82) is 5.26 Å². The number of aliphatic imine (C=N–C) groups is 1. The minimum Gasteiger partial charge on any atom is -0.372 e. The summed E-state index contributed by atoms with van der Waals surface area (Å²) in [6, 6.07) is 7.44. The Morgan fingerprint density at radius 1 is 1.30 bits per heavy atom. The molecule has 1 heterocycles. The van der Waals surface area contributed by atoms with Crippen molar-refractivity contribution in [1.82, 2.24) is 9.80 Å². The Morgan fingerprint density at radius 2 is 2.04 bits per heavy atom. The Morgan fingerprint density at radius 3 is 2.67 bits per heavy atom. The standard InChI is InChI=1S/C20H26FN5S/c1-15-12-17(6-7-19(15)21)26-9-5-8-25(10-11-26)16(2)18(13-22)20(27)23-14-24(3)4/h6-7,12,14H,5,8-11H2,1-4H3. The molecule has 0 bridgehead atoms. The van der Waals surface area contributed by atoms with Crippen LogP contribution in [0.1, 0.15) is 18.9 Å². The molecular weight excluding hydrogens is 361 g/mol. The third-order valence-corrected chi connectivity index (χ3v) is 4.88. The largest absolute Gasteiger partial charge is 0.372 e. The van der Waals surface area contributed by atoms with Crippen molar-refractivity contribution in [2.45, 2.75) is 20.3 Å². The number of nitriles is 1. The van der Waals surface area contributed by atoms with E-state index in [0.29, 0.717) is 16.1 Å². The number of allylic oxidation sites excluding steroid dienone is 1. The Bertz CT molecular complexity index is 794. The maximum atomic E-state index is 13.5. The summed E-state index contributed by atoms with van der Waals surface area (Å²) in [4.78, 5) is 10.7. The Kier molecular flexibility index (Phi) is 7.31. The van der Waals surface area contributed by atoms with Crippen molar-refractivity contribution in [2.24, 2.45) is 4.99 Å². The number of halogens is 1. The lowest BCUT2D eigenvalue weighted by molar-refractivity contribution is 0.369. The van der Waals surface area contributed by atoms with Crippen molar-refractivity contribution in [3.8, 4) is 6.07 Å². The van der Waals surface area contributed by atoms with Crippen molar-refractivity contribution in [3.05, 3.63) is 40.8 Å².